The fourth-order valence-electron chi connectivity index (χ4n) is 4.22. The van der Waals surface area contributed by atoms with E-state index in [-0.39, 0.29) is 5.82 Å². The smallest absolute Gasteiger partial charge is 0.164 e. The maximum atomic E-state index is 14.1. The van der Waals surface area contributed by atoms with Crippen molar-refractivity contribution in [2.75, 3.05) is 31.1 Å². The Hall–Kier alpha value is -2.82. The summed E-state index contributed by atoms with van der Waals surface area (Å²) in [4.78, 5) is 10.6. The van der Waals surface area contributed by atoms with Crippen LogP contribution in [0.15, 0.2) is 78.7 Å². The number of allylic oxidation sites excluding steroid dienone is 7. The molecule has 0 N–H and O–H groups in total. The Balaban J connectivity index is 1.68. The summed E-state index contributed by atoms with van der Waals surface area (Å²) in [5.41, 5.74) is 4.28. The molecule has 1 saturated heterocycles. The summed E-state index contributed by atoms with van der Waals surface area (Å²) in [6, 6.07) is 1.77. The summed E-state index contributed by atoms with van der Waals surface area (Å²) in [7, 11) is 0. The van der Waals surface area contributed by atoms with Crippen LogP contribution in [0.1, 0.15) is 33.6 Å². The van der Waals surface area contributed by atoms with Crippen LogP contribution in [0, 0.1) is 11.7 Å². The van der Waals surface area contributed by atoms with E-state index < -0.39 is 0 Å². The monoisotopic (exact) mass is 408 g/mol. The molecule has 0 spiro atoms. The van der Waals surface area contributed by atoms with Gasteiger partial charge in [0.25, 0.3) is 0 Å². The van der Waals surface area contributed by atoms with Crippen LogP contribution < -0.4 is 4.90 Å². The first-order valence-electron chi connectivity index (χ1n) is 10.8. The Morgan fingerprint density at radius 3 is 2.73 bits per heavy atom. The standard InChI is InChI=1S/C25H33FN4/c1-5-8-24(20(3)18-22-10-7-9-21(4)30(22)13-6-2)28-14-16-29(17-15-28)25-11-12-27-19-23(25)26/h6-13,19-20H,4-5,14-18H2,1-3H3/b13-6-,24-8-. The second-order valence-electron chi connectivity index (χ2n) is 7.80. The Labute approximate surface area is 180 Å². The molecule has 3 heterocycles. The van der Waals surface area contributed by atoms with E-state index in [2.05, 4.69) is 64.5 Å². The normalized spacial score (nSPS) is 18.9. The molecule has 0 saturated carbocycles. The van der Waals surface area contributed by atoms with Gasteiger partial charge >= 0.3 is 0 Å². The minimum atomic E-state index is -0.245. The van der Waals surface area contributed by atoms with Crippen LogP contribution in [-0.4, -0.2) is 41.0 Å². The molecule has 4 nitrogen and oxygen atoms in total. The van der Waals surface area contributed by atoms with Gasteiger partial charge in [-0.05, 0) is 38.0 Å². The zero-order valence-electron chi connectivity index (χ0n) is 18.4. The summed E-state index contributed by atoms with van der Waals surface area (Å²) >= 11 is 0. The van der Waals surface area contributed by atoms with Crippen molar-refractivity contribution >= 4 is 5.69 Å². The third-order valence-corrected chi connectivity index (χ3v) is 5.66. The molecule has 160 valence electrons. The van der Waals surface area contributed by atoms with Gasteiger partial charge in [0, 0.05) is 61.6 Å². The van der Waals surface area contributed by atoms with Crippen molar-refractivity contribution in [3.8, 4) is 0 Å². The van der Waals surface area contributed by atoms with Crippen LogP contribution in [0.5, 0.6) is 0 Å². The minimum absolute atomic E-state index is 0.245. The first-order chi connectivity index (χ1) is 14.5. The quantitative estimate of drug-likeness (QED) is 0.597. The van der Waals surface area contributed by atoms with Gasteiger partial charge in [-0.1, -0.05) is 38.7 Å². The van der Waals surface area contributed by atoms with Crippen LogP contribution in [-0.2, 0) is 0 Å². The van der Waals surface area contributed by atoms with Crippen molar-refractivity contribution < 1.29 is 4.39 Å². The molecule has 1 unspecified atom stereocenters. The molecule has 0 bridgehead atoms. The van der Waals surface area contributed by atoms with E-state index in [0.29, 0.717) is 11.6 Å². The average molecular weight is 409 g/mol. The second-order valence-corrected chi connectivity index (χ2v) is 7.80. The number of anilines is 1. The minimum Gasteiger partial charge on any atom is -0.371 e. The van der Waals surface area contributed by atoms with E-state index in [1.807, 2.05) is 19.1 Å². The van der Waals surface area contributed by atoms with Crippen LogP contribution in [0.4, 0.5) is 10.1 Å². The van der Waals surface area contributed by atoms with Crippen LogP contribution >= 0.6 is 0 Å². The van der Waals surface area contributed by atoms with Crippen LogP contribution in [0.3, 0.4) is 0 Å². The van der Waals surface area contributed by atoms with Crippen molar-refractivity contribution in [2.45, 2.75) is 33.6 Å². The third kappa shape index (κ3) is 5.02. The van der Waals surface area contributed by atoms with E-state index in [0.717, 1.165) is 44.7 Å². The number of hydrogen-bond acceptors (Lipinski definition) is 4. The molecule has 0 aromatic carbocycles. The Kier molecular flexibility index (Phi) is 7.50. The third-order valence-electron chi connectivity index (χ3n) is 5.66. The highest BCUT2D eigenvalue weighted by molar-refractivity contribution is 5.46. The van der Waals surface area contributed by atoms with E-state index >= 15 is 0 Å². The van der Waals surface area contributed by atoms with Gasteiger partial charge in [0.2, 0.25) is 0 Å². The number of halogens is 1. The molecule has 0 amide bonds. The maximum Gasteiger partial charge on any atom is 0.164 e. The molecule has 0 radical (unpaired) electrons. The number of rotatable bonds is 7. The molecule has 1 aromatic heterocycles. The fourth-order valence-corrected chi connectivity index (χ4v) is 4.22. The van der Waals surface area contributed by atoms with Crippen LogP contribution in [0.2, 0.25) is 0 Å². The molecule has 1 atom stereocenters. The Bertz CT molecular complexity index is 860. The zero-order chi connectivity index (χ0) is 21.5. The molecule has 3 rings (SSSR count). The summed E-state index contributed by atoms with van der Waals surface area (Å²) in [5.74, 6) is 0.137. The molecule has 2 aliphatic heterocycles. The van der Waals surface area contributed by atoms with Gasteiger partial charge in [-0.25, -0.2) is 4.39 Å². The summed E-state index contributed by atoms with van der Waals surface area (Å²) in [6.07, 6.45) is 17.7. The zero-order valence-corrected chi connectivity index (χ0v) is 18.4. The van der Waals surface area contributed by atoms with Gasteiger partial charge in [0.1, 0.15) is 0 Å². The first-order valence-corrected chi connectivity index (χ1v) is 10.8. The molecule has 1 aromatic rings. The van der Waals surface area contributed by atoms with E-state index in [1.165, 1.54) is 17.6 Å². The van der Waals surface area contributed by atoms with Crippen molar-refractivity contribution in [1.29, 1.82) is 0 Å². The van der Waals surface area contributed by atoms with Crippen molar-refractivity contribution in [3.63, 3.8) is 0 Å². The lowest BCUT2D eigenvalue weighted by Crippen LogP contribution is -2.47. The van der Waals surface area contributed by atoms with E-state index in [9.17, 15) is 4.39 Å². The number of aromatic nitrogens is 1. The van der Waals surface area contributed by atoms with Gasteiger partial charge in [-0.3, -0.25) is 4.98 Å². The fraction of sp³-hybridized carbons (Fsp3) is 0.400. The van der Waals surface area contributed by atoms with Crippen molar-refractivity contribution in [3.05, 3.63) is 84.5 Å². The molecule has 2 aliphatic rings. The summed E-state index contributed by atoms with van der Waals surface area (Å²) in [6.45, 7) is 14.1. The van der Waals surface area contributed by atoms with Crippen LogP contribution in [0.25, 0.3) is 0 Å². The SMILES string of the molecule is C=C1C=CC=C(CC(C)/C(=C/CC)N2CCN(c3ccncc3F)CC2)N1/C=C\C. The number of piperazine rings is 1. The van der Waals surface area contributed by atoms with Gasteiger partial charge in [0.05, 0.1) is 11.9 Å². The lowest BCUT2D eigenvalue weighted by atomic mass is 9.96. The van der Waals surface area contributed by atoms with Gasteiger partial charge in [-0.15, -0.1) is 0 Å². The van der Waals surface area contributed by atoms with E-state index in [4.69, 9.17) is 0 Å². The highest BCUT2D eigenvalue weighted by Crippen LogP contribution is 2.30. The maximum absolute atomic E-state index is 14.1. The molecular formula is C25H33FN4. The Morgan fingerprint density at radius 1 is 1.30 bits per heavy atom. The molecule has 1 fully saturated rings. The second kappa shape index (κ2) is 10.3. The van der Waals surface area contributed by atoms with Gasteiger partial charge in [-0.2, -0.15) is 0 Å². The predicted molar refractivity (Wildman–Crippen MR) is 123 cm³/mol. The number of nitrogens with zero attached hydrogens (tertiary/aromatic N) is 4. The first kappa shape index (κ1) is 21.9. The highest BCUT2D eigenvalue weighted by atomic mass is 19.1. The van der Waals surface area contributed by atoms with Gasteiger partial charge < -0.3 is 14.7 Å². The number of pyridine rings is 1. The van der Waals surface area contributed by atoms with Gasteiger partial charge in [0.15, 0.2) is 5.82 Å². The summed E-state index contributed by atoms with van der Waals surface area (Å²) < 4.78 is 14.1. The van der Waals surface area contributed by atoms with E-state index in [1.54, 1.807) is 12.3 Å². The topological polar surface area (TPSA) is 22.6 Å². The molecule has 5 heteroatoms. The molecule has 30 heavy (non-hydrogen) atoms. The predicted octanol–water partition coefficient (Wildman–Crippen LogP) is 5.47. The Morgan fingerprint density at radius 2 is 2.07 bits per heavy atom. The highest BCUT2D eigenvalue weighted by Gasteiger charge is 2.25. The largest absolute Gasteiger partial charge is 0.371 e. The lowest BCUT2D eigenvalue weighted by Gasteiger charge is -2.40. The lowest BCUT2D eigenvalue weighted by molar-refractivity contribution is 0.283. The molecule has 0 aliphatic carbocycles. The average Bonchev–Trinajstić information content (AvgIpc) is 2.75. The summed E-state index contributed by atoms with van der Waals surface area (Å²) in [5, 5.41) is 0. The van der Waals surface area contributed by atoms with Crippen molar-refractivity contribution in [1.82, 2.24) is 14.8 Å². The number of hydrogen-bond donors (Lipinski definition) is 0. The van der Waals surface area contributed by atoms with Crippen molar-refractivity contribution in [2.24, 2.45) is 5.92 Å². The molecular weight excluding hydrogens is 375 g/mol.